The first-order valence-corrected chi connectivity index (χ1v) is 9.06. The first-order valence-electron chi connectivity index (χ1n) is 9.06. The lowest BCUT2D eigenvalue weighted by atomic mass is 9.86. The largest absolute Gasteiger partial charge is 0.490 e. The third kappa shape index (κ3) is 3.37. The lowest BCUT2D eigenvalue weighted by molar-refractivity contribution is -0.0406. The Balaban J connectivity index is 1.42. The van der Waals surface area contributed by atoms with Crippen LogP contribution >= 0.6 is 0 Å². The number of rotatable bonds is 5. The van der Waals surface area contributed by atoms with Crippen molar-refractivity contribution in [2.24, 2.45) is 0 Å². The van der Waals surface area contributed by atoms with Crippen LogP contribution < -0.4 is 4.74 Å². The van der Waals surface area contributed by atoms with Crippen LogP contribution in [0.15, 0.2) is 30.5 Å². The molecule has 0 bridgehead atoms. The van der Waals surface area contributed by atoms with Crippen LogP contribution in [0.5, 0.6) is 5.75 Å². The minimum absolute atomic E-state index is 0.137. The van der Waals surface area contributed by atoms with Crippen LogP contribution in [-0.2, 0) is 6.54 Å². The van der Waals surface area contributed by atoms with Crippen LogP contribution in [0.3, 0.4) is 0 Å². The second-order valence-electron chi connectivity index (χ2n) is 7.11. The summed E-state index contributed by atoms with van der Waals surface area (Å²) in [5.74, 6) is 0.771. The van der Waals surface area contributed by atoms with E-state index in [1.54, 1.807) is 10.8 Å². The SMILES string of the molecule is OC1CCC1N1CCC(Oc2cccc3c2ccn3CC(F)F)CC1. The van der Waals surface area contributed by atoms with E-state index in [0.29, 0.717) is 6.04 Å². The second-order valence-corrected chi connectivity index (χ2v) is 7.11. The Morgan fingerprint density at radius 1 is 1.12 bits per heavy atom. The van der Waals surface area contributed by atoms with E-state index in [4.69, 9.17) is 4.74 Å². The number of likely N-dealkylation sites (tertiary alicyclic amines) is 1. The Hall–Kier alpha value is -1.66. The van der Waals surface area contributed by atoms with E-state index in [1.807, 2.05) is 24.3 Å². The van der Waals surface area contributed by atoms with Crippen LogP contribution in [0.1, 0.15) is 25.7 Å². The predicted molar refractivity (Wildman–Crippen MR) is 92.2 cm³/mol. The van der Waals surface area contributed by atoms with Gasteiger partial charge in [0.15, 0.2) is 0 Å². The van der Waals surface area contributed by atoms with Gasteiger partial charge in [-0.25, -0.2) is 8.78 Å². The number of alkyl halides is 2. The highest BCUT2D eigenvalue weighted by molar-refractivity contribution is 5.86. The highest BCUT2D eigenvalue weighted by Gasteiger charge is 2.36. The smallest absolute Gasteiger partial charge is 0.256 e. The Morgan fingerprint density at radius 3 is 2.56 bits per heavy atom. The van der Waals surface area contributed by atoms with Crippen molar-refractivity contribution in [3.63, 3.8) is 0 Å². The van der Waals surface area contributed by atoms with Crippen LogP contribution in [0, 0.1) is 0 Å². The Bertz CT molecular complexity index is 725. The molecule has 6 heteroatoms. The summed E-state index contributed by atoms with van der Waals surface area (Å²) in [6.45, 7) is 1.58. The van der Waals surface area contributed by atoms with E-state index >= 15 is 0 Å². The average molecular weight is 350 g/mol. The van der Waals surface area contributed by atoms with Crippen molar-refractivity contribution in [2.45, 2.75) is 56.9 Å². The summed E-state index contributed by atoms with van der Waals surface area (Å²) in [4.78, 5) is 2.37. The molecule has 0 amide bonds. The Labute approximate surface area is 146 Å². The maximum atomic E-state index is 12.7. The van der Waals surface area contributed by atoms with Gasteiger partial charge in [-0.15, -0.1) is 0 Å². The van der Waals surface area contributed by atoms with Crippen molar-refractivity contribution in [2.75, 3.05) is 13.1 Å². The van der Waals surface area contributed by atoms with E-state index in [0.717, 1.165) is 55.4 Å². The highest BCUT2D eigenvalue weighted by atomic mass is 19.3. The number of halogens is 2. The molecule has 2 atom stereocenters. The second kappa shape index (κ2) is 6.92. The topological polar surface area (TPSA) is 37.6 Å². The van der Waals surface area contributed by atoms with Gasteiger partial charge in [-0.3, -0.25) is 4.90 Å². The first-order chi connectivity index (χ1) is 12.1. The van der Waals surface area contributed by atoms with Crippen LogP contribution in [0.4, 0.5) is 8.78 Å². The molecule has 4 rings (SSSR count). The molecule has 25 heavy (non-hydrogen) atoms. The molecule has 2 aromatic rings. The van der Waals surface area contributed by atoms with Crippen molar-refractivity contribution in [1.29, 1.82) is 0 Å². The van der Waals surface area contributed by atoms with Gasteiger partial charge in [0, 0.05) is 30.7 Å². The van der Waals surface area contributed by atoms with Crippen molar-refractivity contribution >= 4 is 10.9 Å². The molecule has 1 saturated heterocycles. The highest BCUT2D eigenvalue weighted by Crippen LogP contribution is 2.32. The summed E-state index contributed by atoms with van der Waals surface area (Å²) in [5.41, 5.74) is 0.785. The van der Waals surface area contributed by atoms with Crippen molar-refractivity contribution in [1.82, 2.24) is 9.47 Å². The van der Waals surface area contributed by atoms with E-state index in [1.165, 1.54) is 0 Å². The van der Waals surface area contributed by atoms with Crippen LogP contribution in [0.2, 0.25) is 0 Å². The Kier molecular flexibility index (Phi) is 4.65. The molecule has 2 unspecified atom stereocenters. The van der Waals surface area contributed by atoms with Crippen molar-refractivity contribution < 1.29 is 18.6 Å². The molecular formula is C19H24F2N2O2. The molecule has 1 aliphatic heterocycles. The zero-order valence-corrected chi connectivity index (χ0v) is 14.2. The van der Waals surface area contributed by atoms with Crippen LogP contribution in [-0.4, -0.2) is 52.3 Å². The number of nitrogens with zero attached hydrogens (tertiary/aromatic N) is 2. The van der Waals surface area contributed by atoms with Gasteiger partial charge < -0.3 is 14.4 Å². The fourth-order valence-electron chi connectivity index (χ4n) is 4.00. The van der Waals surface area contributed by atoms with Gasteiger partial charge in [-0.1, -0.05) is 6.07 Å². The Morgan fingerprint density at radius 2 is 1.92 bits per heavy atom. The van der Waals surface area contributed by atoms with Gasteiger partial charge in [0.05, 0.1) is 18.2 Å². The molecule has 0 radical (unpaired) electrons. The predicted octanol–water partition coefficient (Wildman–Crippen LogP) is 3.27. The number of benzene rings is 1. The number of hydrogen-bond donors (Lipinski definition) is 1. The monoisotopic (exact) mass is 350 g/mol. The molecule has 1 N–H and O–H groups in total. The number of ether oxygens (including phenoxy) is 1. The molecule has 0 spiro atoms. The number of hydrogen-bond acceptors (Lipinski definition) is 3. The molecule has 1 aromatic carbocycles. The summed E-state index contributed by atoms with van der Waals surface area (Å²) in [5, 5.41) is 10.7. The maximum Gasteiger partial charge on any atom is 0.256 e. The van der Waals surface area contributed by atoms with E-state index in [-0.39, 0.29) is 18.8 Å². The zero-order chi connectivity index (χ0) is 17.4. The maximum absolute atomic E-state index is 12.7. The van der Waals surface area contributed by atoms with Gasteiger partial charge in [0.2, 0.25) is 0 Å². The van der Waals surface area contributed by atoms with Crippen LogP contribution in [0.25, 0.3) is 10.9 Å². The zero-order valence-electron chi connectivity index (χ0n) is 14.2. The lowest BCUT2D eigenvalue weighted by Gasteiger charge is -2.44. The van der Waals surface area contributed by atoms with Gasteiger partial charge in [0.1, 0.15) is 11.9 Å². The van der Waals surface area contributed by atoms with Crippen molar-refractivity contribution in [3.05, 3.63) is 30.5 Å². The molecule has 4 nitrogen and oxygen atoms in total. The summed E-state index contributed by atoms with van der Waals surface area (Å²) in [6.07, 6.45) is 3.16. The summed E-state index contributed by atoms with van der Waals surface area (Å²) >= 11 is 0. The third-order valence-electron chi connectivity index (χ3n) is 5.55. The van der Waals surface area contributed by atoms with Gasteiger partial charge in [0.25, 0.3) is 6.43 Å². The summed E-state index contributed by atoms with van der Waals surface area (Å²) in [6, 6.07) is 7.81. The molecule has 1 saturated carbocycles. The van der Waals surface area contributed by atoms with Gasteiger partial charge in [-0.2, -0.15) is 0 Å². The molecule has 2 heterocycles. The normalized spacial score (nSPS) is 25.4. The van der Waals surface area contributed by atoms with Gasteiger partial charge >= 0.3 is 0 Å². The molecular weight excluding hydrogens is 326 g/mol. The first kappa shape index (κ1) is 16.8. The summed E-state index contributed by atoms with van der Waals surface area (Å²) < 4.78 is 33.2. The fourth-order valence-corrected chi connectivity index (χ4v) is 4.00. The lowest BCUT2D eigenvalue weighted by Crippen LogP contribution is -2.54. The fraction of sp³-hybridized carbons (Fsp3) is 0.579. The average Bonchev–Trinajstić information content (AvgIpc) is 2.99. The number of piperidine rings is 1. The molecule has 2 fully saturated rings. The van der Waals surface area contributed by atoms with E-state index in [2.05, 4.69) is 4.90 Å². The standard InChI is InChI=1S/C19H24F2N2O2/c20-19(21)12-23-11-8-14-15(23)2-1-3-18(14)25-13-6-9-22(10-7-13)16-4-5-17(16)24/h1-3,8,11,13,16-17,19,24H,4-7,9-10,12H2. The minimum Gasteiger partial charge on any atom is -0.490 e. The van der Waals surface area contributed by atoms with Gasteiger partial charge in [-0.05, 0) is 43.9 Å². The molecule has 1 aliphatic carbocycles. The summed E-state index contributed by atoms with van der Waals surface area (Å²) in [7, 11) is 0. The van der Waals surface area contributed by atoms with E-state index in [9.17, 15) is 13.9 Å². The quantitative estimate of drug-likeness (QED) is 0.899. The molecule has 2 aliphatic rings. The van der Waals surface area contributed by atoms with Crippen molar-refractivity contribution in [3.8, 4) is 5.75 Å². The number of aliphatic hydroxyl groups excluding tert-OH is 1. The molecule has 136 valence electrons. The third-order valence-corrected chi connectivity index (χ3v) is 5.55. The van der Waals surface area contributed by atoms with E-state index < -0.39 is 6.43 Å². The number of fused-ring (bicyclic) bond motifs is 1. The number of aromatic nitrogens is 1. The number of aliphatic hydroxyl groups is 1. The minimum atomic E-state index is -2.37. The molecule has 1 aromatic heterocycles.